The van der Waals surface area contributed by atoms with E-state index in [1.807, 2.05) is 0 Å². The summed E-state index contributed by atoms with van der Waals surface area (Å²) in [4.78, 5) is 10.2. The third kappa shape index (κ3) is 8.07. The van der Waals surface area contributed by atoms with Gasteiger partial charge in [0.25, 0.3) is 0 Å². The Morgan fingerprint density at radius 3 is 2.38 bits per heavy atom. The molecule has 0 aliphatic rings. The molecular weight excluding hydrogens is 197 g/mol. The van der Waals surface area contributed by atoms with E-state index in [1.54, 1.807) is 0 Å². The van der Waals surface area contributed by atoms with Crippen LogP contribution in [-0.4, -0.2) is 50.4 Å². The van der Waals surface area contributed by atoms with E-state index < -0.39 is 18.8 Å². The molecule has 6 N–H and O–H groups in total. The highest BCUT2D eigenvalue weighted by Gasteiger charge is 2.15. The van der Waals surface area contributed by atoms with E-state index in [0.717, 1.165) is 11.8 Å². The number of thioether (sulfide) groups is 1. The molecule has 0 amide bonds. The molecule has 0 bridgehead atoms. The van der Waals surface area contributed by atoms with Crippen LogP contribution in [0.25, 0.3) is 0 Å². The Kier molecular flexibility index (Phi) is 5.34. The van der Waals surface area contributed by atoms with Gasteiger partial charge in [-0.3, -0.25) is 4.79 Å². The molecule has 6 nitrogen and oxygen atoms in total. The summed E-state index contributed by atoms with van der Waals surface area (Å²) < 4.78 is 0. The van der Waals surface area contributed by atoms with Crippen molar-refractivity contribution in [1.82, 2.24) is 0 Å². The van der Waals surface area contributed by atoms with Crippen LogP contribution in [-0.2, 0) is 4.79 Å². The van der Waals surface area contributed by atoms with Gasteiger partial charge < -0.3 is 25.9 Å². The van der Waals surface area contributed by atoms with Gasteiger partial charge >= 0.3 is 12.7 Å². The van der Waals surface area contributed by atoms with Crippen LogP contribution in [0, 0.1) is 0 Å². The summed E-state index contributed by atoms with van der Waals surface area (Å²) in [5.41, 5.74) is 5.16. The summed E-state index contributed by atoms with van der Waals surface area (Å²) in [6.07, 6.45) is -0.184. The first-order chi connectivity index (χ1) is 5.83. The fourth-order valence-corrected chi connectivity index (χ4v) is 1.57. The molecular formula is C5H13BNO5S-. The summed E-state index contributed by atoms with van der Waals surface area (Å²) in [5, 5.41) is 33.9. The van der Waals surface area contributed by atoms with Crippen molar-refractivity contribution in [1.29, 1.82) is 0 Å². The minimum atomic E-state index is -3.26. The molecule has 0 radical (unpaired) electrons. The molecule has 1 atom stereocenters. The van der Waals surface area contributed by atoms with E-state index in [-0.39, 0.29) is 17.8 Å². The Morgan fingerprint density at radius 1 is 1.46 bits per heavy atom. The number of aliphatic carboxylic acids is 1. The molecule has 8 heteroatoms. The molecule has 1 unspecified atom stereocenters. The zero-order chi connectivity index (χ0) is 10.5. The zero-order valence-electron chi connectivity index (χ0n) is 6.96. The molecule has 0 aliphatic carbocycles. The number of nitrogens with two attached hydrogens (primary N) is 1. The second-order valence-corrected chi connectivity index (χ2v) is 3.85. The van der Waals surface area contributed by atoms with Gasteiger partial charge in [0.1, 0.15) is 6.04 Å². The first-order valence-corrected chi connectivity index (χ1v) is 4.87. The molecule has 0 saturated carbocycles. The topological polar surface area (TPSA) is 124 Å². The molecule has 78 valence electrons. The van der Waals surface area contributed by atoms with Crippen molar-refractivity contribution in [3.63, 3.8) is 0 Å². The van der Waals surface area contributed by atoms with Gasteiger partial charge in [-0.2, -0.15) is 11.8 Å². The Morgan fingerprint density at radius 2 is 2.00 bits per heavy atom. The van der Waals surface area contributed by atoms with E-state index in [0.29, 0.717) is 0 Å². The predicted octanol–water partition coefficient (Wildman–Crippen LogP) is -1.95. The number of hydrogen-bond donors (Lipinski definition) is 5. The van der Waals surface area contributed by atoms with Gasteiger partial charge in [-0.15, -0.1) is 0 Å². The predicted molar refractivity (Wildman–Crippen MR) is 50.2 cm³/mol. The van der Waals surface area contributed by atoms with Gasteiger partial charge in [0.05, 0.1) is 0 Å². The van der Waals surface area contributed by atoms with Crippen molar-refractivity contribution in [2.24, 2.45) is 5.73 Å². The van der Waals surface area contributed by atoms with E-state index in [9.17, 15) is 4.79 Å². The highest BCUT2D eigenvalue weighted by molar-refractivity contribution is 7.99. The van der Waals surface area contributed by atoms with Crippen molar-refractivity contribution >= 4 is 24.5 Å². The monoisotopic (exact) mass is 210 g/mol. The van der Waals surface area contributed by atoms with E-state index in [1.165, 1.54) is 0 Å². The largest absolute Gasteiger partial charge is 0.560 e. The molecule has 0 rings (SSSR count). The lowest BCUT2D eigenvalue weighted by atomic mass is 9.77. The third-order valence-corrected chi connectivity index (χ3v) is 2.38. The van der Waals surface area contributed by atoms with Crippen LogP contribution in [0.4, 0.5) is 0 Å². The van der Waals surface area contributed by atoms with E-state index in [2.05, 4.69) is 0 Å². The lowest BCUT2D eigenvalue weighted by Crippen LogP contribution is -2.36. The second kappa shape index (κ2) is 5.45. The average molecular weight is 210 g/mol. The Hall–Kier alpha value is -0.275. The van der Waals surface area contributed by atoms with Crippen LogP contribution in [0.5, 0.6) is 0 Å². The van der Waals surface area contributed by atoms with Crippen molar-refractivity contribution in [2.45, 2.75) is 12.4 Å². The van der Waals surface area contributed by atoms with Crippen molar-refractivity contribution in [3.8, 4) is 0 Å². The third-order valence-electron chi connectivity index (χ3n) is 1.26. The highest BCUT2D eigenvalue weighted by Crippen LogP contribution is 2.08. The van der Waals surface area contributed by atoms with Crippen LogP contribution in [0.3, 0.4) is 0 Å². The normalized spacial score (nSPS) is 14.2. The Labute approximate surface area is 79.8 Å². The molecule has 0 aromatic heterocycles. The molecule has 13 heavy (non-hydrogen) atoms. The van der Waals surface area contributed by atoms with Gasteiger partial charge in [0.2, 0.25) is 0 Å². The molecule has 0 spiro atoms. The summed E-state index contributed by atoms with van der Waals surface area (Å²) in [5.74, 6) is -0.660. The van der Waals surface area contributed by atoms with Crippen LogP contribution >= 0.6 is 11.8 Å². The summed E-state index contributed by atoms with van der Waals surface area (Å²) in [6, 6.07) is -0.956. The van der Waals surface area contributed by atoms with Crippen LogP contribution in [0.2, 0.25) is 6.32 Å². The van der Waals surface area contributed by atoms with Crippen molar-refractivity contribution in [3.05, 3.63) is 0 Å². The maximum absolute atomic E-state index is 10.2. The van der Waals surface area contributed by atoms with Gasteiger partial charge in [-0.1, -0.05) is 6.32 Å². The van der Waals surface area contributed by atoms with Gasteiger partial charge in [0.15, 0.2) is 0 Å². The maximum atomic E-state index is 10.2. The number of carboxylic acids is 1. The standard InChI is InChI=1S/C5H13BNO5S/c7-4(5(8)9)3-13-2-1-6(10,11)12/h4,10-12H,1-3,7H2,(H,8,9)/q-1. The molecule has 0 saturated heterocycles. The van der Waals surface area contributed by atoms with Crippen LogP contribution in [0.15, 0.2) is 0 Å². The Bertz CT molecular complexity index is 173. The van der Waals surface area contributed by atoms with Gasteiger partial charge in [-0.25, -0.2) is 0 Å². The number of hydrogen-bond acceptors (Lipinski definition) is 6. The highest BCUT2D eigenvalue weighted by atomic mass is 32.2. The molecule has 0 fully saturated rings. The number of carbonyl (C=O) groups is 1. The first-order valence-electron chi connectivity index (χ1n) is 3.72. The summed E-state index contributed by atoms with van der Waals surface area (Å²) in [6.45, 7) is -3.26. The van der Waals surface area contributed by atoms with Crippen LogP contribution in [0.1, 0.15) is 0 Å². The lowest BCUT2D eigenvalue weighted by Gasteiger charge is -2.19. The zero-order valence-corrected chi connectivity index (χ0v) is 7.78. The first kappa shape index (κ1) is 12.7. The number of rotatable bonds is 6. The Balaban J connectivity index is 3.41. The molecule has 0 heterocycles. The minimum Gasteiger partial charge on any atom is -0.560 e. The molecule has 0 aromatic carbocycles. The van der Waals surface area contributed by atoms with E-state index >= 15 is 0 Å². The second-order valence-electron chi connectivity index (χ2n) is 2.70. The quantitative estimate of drug-likeness (QED) is 0.255. The van der Waals surface area contributed by atoms with Crippen LogP contribution < -0.4 is 5.73 Å². The fraction of sp³-hybridized carbons (Fsp3) is 0.800. The minimum absolute atomic E-state index is 0.182. The molecule has 0 aliphatic heterocycles. The molecule has 0 aromatic rings. The van der Waals surface area contributed by atoms with Gasteiger partial charge in [0, 0.05) is 5.75 Å². The SMILES string of the molecule is NC(CSCC[B-](O)(O)O)C(=O)O. The van der Waals surface area contributed by atoms with E-state index in [4.69, 9.17) is 25.9 Å². The van der Waals surface area contributed by atoms with Gasteiger partial charge in [-0.05, 0) is 5.75 Å². The maximum Gasteiger partial charge on any atom is 0.372 e. The summed E-state index contributed by atoms with van der Waals surface area (Å²) in [7, 11) is 0. The lowest BCUT2D eigenvalue weighted by molar-refractivity contribution is -0.137. The summed E-state index contributed by atoms with van der Waals surface area (Å²) >= 11 is 1.15. The fourth-order valence-electron chi connectivity index (χ4n) is 0.523. The smallest absolute Gasteiger partial charge is 0.372 e. The average Bonchev–Trinajstić information content (AvgIpc) is 1.95. The van der Waals surface area contributed by atoms with Crippen molar-refractivity contribution < 1.29 is 25.0 Å². The van der Waals surface area contributed by atoms with Crippen molar-refractivity contribution in [2.75, 3.05) is 11.5 Å². The number of carboxylic acid groups (broad SMARTS) is 1.